The molecule has 1 aromatic heterocycles. The van der Waals surface area contributed by atoms with Gasteiger partial charge in [-0.15, -0.1) is 0 Å². The predicted molar refractivity (Wildman–Crippen MR) is 68.3 cm³/mol. The van der Waals surface area contributed by atoms with E-state index >= 15 is 0 Å². The van der Waals surface area contributed by atoms with Crippen LogP contribution in [0.2, 0.25) is 0 Å². The van der Waals surface area contributed by atoms with Gasteiger partial charge >= 0.3 is 0 Å². The number of rotatable bonds is 6. The molecule has 5 heteroatoms. The molecule has 2 rings (SSSR count). The Hall–Kier alpha value is -0.810. The lowest BCUT2D eigenvalue weighted by molar-refractivity contribution is 0.196. The molecule has 1 aromatic rings. The fraction of sp³-hybridized carbons (Fsp3) is 0.727. The molecule has 4 nitrogen and oxygen atoms in total. The fourth-order valence-electron chi connectivity index (χ4n) is 1.88. The van der Waals surface area contributed by atoms with Crippen molar-refractivity contribution in [3.05, 3.63) is 5.56 Å². The smallest absolute Gasteiger partial charge is 0.142 e. The van der Waals surface area contributed by atoms with Crippen LogP contribution < -0.4 is 10.6 Å². The van der Waals surface area contributed by atoms with E-state index in [1.807, 2.05) is 0 Å². The van der Waals surface area contributed by atoms with Crippen molar-refractivity contribution < 1.29 is 4.74 Å². The first-order valence-corrected chi connectivity index (χ1v) is 6.46. The van der Waals surface area contributed by atoms with E-state index in [1.54, 1.807) is 7.11 Å². The second-order valence-electron chi connectivity index (χ2n) is 4.33. The van der Waals surface area contributed by atoms with Crippen molar-refractivity contribution in [1.29, 1.82) is 0 Å². The molecule has 1 aliphatic carbocycles. The van der Waals surface area contributed by atoms with Crippen molar-refractivity contribution in [2.45, 2.75) is 25.2 Å². The van der Waals surface area contributed by atoms with Gasteiger partial charge in [-0.1, -0.05) is 0 Å². The molecule has 0 unspecified atom stereocenters. The zero-order chi connectivity index (χ0) is 11.5. The lowest BCUT2D eigenvalue weighted by Crippen LogP contribution is -2.19. The van der Waals surface area contributed by atoms with Crippen LogP contribution in [0.25, 0.3) is 0 Å². The van der Waals surface area contributed by atoms with Crippen LogP contribution in [0.1, 0.15) is 30.7 Å². The number of anilines is 2. The van der Waals surface area contributed by atoms with Crippen LogP contribution in [0.4, 0.5) is 10.8 Å². The van der Waals surface area contributed by atoms with Gasteiger partial charge in [0.05, 0.1) is 0 Å². The van der Waals surface area contributed by atoms with Crippen LogP contribution in [0.15, 0.2) is 0 Å². The highest BCUT2D eigenvalue weighted by molar-refractivity contribution is 7.10. The minimum Gasteiger partial charge on any atom is -0.385 e. The van der Waals surface area contributed by atoms with E-state index in [2.05, 4.69) is 16.3 Å². The van der Waals surface area contributed by atoms with Crippen molar-refractivity contribution in [3.8, 4) is 0 Å². The monoisotopic (exact) mass is 241 g/mol. The highest BCUT2D eigenvalue weighted by Crippen LogP contribution is 2.48. The molecule has 2 N–H and O–H groups in total. The van der Waals surface area contributed by atoms with Gasteiger partial charge in [0, 0.05) is 32.9 Å². The van der Waals surface area contributed by atoms with E-state index in [0.717, 1.165) is 25.4 Å². The minimum absolute atomic E-state index is 0.665. The van der Waals surface area contributed by atoms with Gasteiger partial charge in [0.15, 0.2) is 0 Å². The summed E-state index contributed by atoms with van der Waals surface area (Å²) in [4.78, 5) is 2.25. The number of hydrogen-bond acceptors (Lipinski definition) is 5. The zero-order valence-electron chi connectivity index (χ0n) is 9.90. The summed E-state index contributed by atoms with van der Waals surface area (Å²) in [6.45, 7) is 1.80. The molecule has 1 saturated carbocycles. The molecule has 0 radical (unpaired) electrons. The maximum atomic E-state index is 5.92. The summed E-state index contributed by atoms with van der Waals surface area (Å²) in [7, 11) is 3.84. The second kappa shape index (κ2) is 5.01. The van der Waals surface area contributed by atoms with Gasteiger partial charge in [0.25, 0.3) is 0 Å². The molecule has 0 aromatic carbocycles. The summed E-state index contributed by atoms with van der Waals surface area (Å²) in [6.07, 6.45) is 3.57. The molecule has 0 aliphatic heterocycles. The van der Waals surface area contributed by atoms with Crippen LogP contribution in [0, 0.1) is 0 Å². The second-order valence-corrected chi connectivity index (χ2v) is 5.08. The number of hydrogen-bond donors (Lipinski definition) is 1. The molecule has 0 spiro atoms. The Labute approximate surface area is 101 Å². The first-order valence-electron chi connectivity index (χ1n) is 5.69. The Morgan fingerprint density at radius 2 is 2.31 bits per heavy atom. The average Bonchev–Trinajstić information content (AvgIpc) is 3.02. The van der Waals surface area contributed by atoms with Gasteiger partial charge in [-0.25, -0.2) is 0 Å². The third-order valence-electron chi connectivity index (χ3n) is 2.91. The number of aromatic nitrogens is 1. The topological polar surface area (TPSA) is 51.4 Å². The third kappa shape index (κ3) is 2.47. The average molecular weight is 241 g/mol. The summed E-state index contributed by atoms with van der Waals surface area (Å²) in [5.74, 6) is 1.40. The standard InChI is InChI=1S/C11H19N3OS/c1-14(6-3-7-15-2)11-9(8-4-5-8)10(12)13-16-11/h8H,3-7H2,1-2H3,(H2,12,13). The zero-order valence-corrected chi connectivity index (χ0v) is 10.7. The Morgan fingerprint density at radius 3 is 2.94 bits per heavy atom. The van der Waals surface area contributed by atoms with Crippen molar-refractivity contribution in [2.24, 2.45) is 0 Å². The summed E-state index contributed by atoms with van der Waals surface area (Å²) in [6, 6.07) is 0. The molecule has 0 amide bonds. The number of methoxy groups -OCH3 is 1. The van der Waals surface area contributed by atoms with Crippen LogP contribution >= 0.6 is 11.5 Å². The summed E-state index contributed by atoms with van der Waals surface area (Å²) >= 11 is 1.52. The van der Waals surface area contributed by atoms with Gasteiger partial charge in [0.2, 0.25) is 0 Å². The van der Waals surface area contributed by atoms with E-state index < -0.39 is 0 Å². The molecule has 0 saturated heterocycles. The van der Waals surface area contributed by atoms with E-state index in [1.165, 1.54) is 34.9 Å². The van der Waals surface area contributed by atoms with Crippen LogP contribution in [0.3, 0.4) is 0 Å². The molecule has 0 atom stereocenters. The minimum atomic E-state index is 0.665. The Balaban J connectivity index is 2.01. The highest BCUT2D eigenvalue weighted by Gasteiger charge is 2.31. The molecular formula is C11H19N3OS. The number of nitrogen functional groups attached to an aromatic ring is 1. The van der Waals surface area contributed by atoms with E-state index in [0.29, 0.717) is 5.92 Å². The third-order valence-corrected chi connectivity index (χ3v) is 3.90. The van der Waals surface area contributed by atoms with Gasteiger partial charge in [-0.2, -0.15) is 4.37 Å². The van der Waals surface area contributed by atoms with Gasteiger partial charge in [0.1, 0.15) is 10.8 Å². The van der Waals surface area contributed by atoms with Crippen molar-refractivity contribution >= 4 is 22.4 Å². The fourth-order valence-corrected chi connectivity index (χ4v) is 2.76. The Kier molecular flexibility index (Phi) is 3.66. The maximum Gasteiger partial charge on any atom is 0.142 e. The van der Waals surface area contributed by atoms with Crippen LogP contribution in [0.5, 0.6) is 0 Å². The van der Waals surface area contributed by atoms with E-state index in [9.17, 15) is 0 Å². The molecule has 1 aliphatic rings. The van der Waals surface area contributed by atoms with Crippen molar-refractivity contribution in [1.82, 2.24) is 4.37 Å². The Morgan fingerprint density at radius 1 is 1.56 bits per heavy atom. The van der Waals surface area contributed by atoms with Crippen LogP contribution in [-0.2, 0) is 4.74 Å². The van der Waals surface area contributed by atoms with Gasteiger partial charge in [-0.3, -0.25) is 0 Å². The van der Waals surface area contributed by atoms with Crippen molar-refractivity contribution in [3.63, 3.8) is 0 Å². The highest BCUT2D eigenvalue weighted by atomic mass is 32.1. The number of nitrogens with two attached hydrogens (primary N) is 1. The normalized spacial score (nSPS) is 15.4. The van der Waals surface area contributed by atoms with Crippen molar-refractivity contribution in [2.75, 3.05) is 37.9 Å². The SMILES string of the molecule is COCCCN(C)c1snc(N)c1C1CC1. The summed E-state index contributed by atoms with van der Waals surface area (Å²) < 4.78 is 9.33. The first-order chi connectivity index (χ1) is 7.74. The van der Waals surface area contributed by atoms with Gasteiger partial charge in [-0.05, 0) is 36.7 Å². The number of ether oxygens (including phenoxy) is 1. The molecule has 1 fully saturated rings. The van der Waals surface area contributed by atoms with Crippen LogP contribution in [-0.4, -0.2) is 31.7 Å². The molecular weight excluding hydrogens is 222 g/mol. The quantitative estimate of drug-likeness (QED) is 0.775. The lowest BCUT2D eigenvalue weighted by Gasteiger charge is -2.18. The van der Waals surface area contributed by atoms with E-state index in [4.69, 9.17) is 10.5 Å². The first kappa shape index (κ1) is 11.7. The lowest BCUT2D eigenvalue weighted by atomic mass is 10.2. The molecule has 1 heterocycles. The van der Waals surface area contributed by atoms with Gasteiger partial charge < -0.3 is 15.4 Å². The largest absolute Gasteiger partial charge is 0.385 e. The maximum absolute atomic E-state index is 5.92. The molecule has 16 heavy (non-hydrogen) atoms. The predicted octanol–water partition coefficient (Wildman–Crippen LogP) is 2.08. The summed E-state index contributed by atoms with van der Waals surface area (Å²) in [5.41, 5.74) is 7.21. The van der Waals surface area contributed by atoms with E-state index in [-0.39, 0.29) is 0 Å². The molecule has 0 bridgehead atoms. The Bertz CT molecular complexity index is 349. The molecule has 90 valence electrons. The number of nitrogens with zero attached hydrogens (tertiary/aromatic N) is 2. The summed E-state index contributed by atoms with van der Waals surface area (Å²) in [5, 5.41) is 1.25.